The number of hydrogen-bond acceptors (Lipinski definition) is 5. The van der Waals surface area contributed by atoms with E-state index in [4.69, 9.17) is 4.74 Å². The van der Waals surface area contributed by atoms with E-state index in [9.17, 15) is 9.90 Å². The van der Waals surface area contributed by atoms with Crippen molar-refractivity contribution in [3.05, 3.63) is 72.6 Å². The SMILES string of the molecule is O=C(N[C@H]1CCC[C@@H]1O)C1CN(Cc2ccc(-n3cccn3)cc2)c2ccccc2O1. The topological polar surface area (TPSA) is 79.6 Å². The van der Waals surface area contributed by atoms with Gasteiger partial charge < -0.3 is 20.1 Å². The Morgan fingerprint density at radius 2 is 1.97 bits per heavy atom. The van der Waals surface area contributed by atoms with Crippen molar-refractivity contribution < 1.29 is 14.6 Å². The van der Waals surface area contributed by atoms with E-state index >= 15 is 0 Å². The fraction of sp³-hybridized carbons (Fsp3) is 0.333. The van der Waals surface area contributed by atoms with E-state index in [-0.39, 0.29) is 11.9 Å². The zero-order valence-electron chi connectivity index (χ0n) is 17.2. The highest BCUT2D eigenvalue weighted by Gasteiger charge is 2.34. The fourth-order valence-corrected chi connectivity index (χ4v) is 4.37. The number of fused-ring (bicyclic) bond motifs is 1. The molecule has 2 heterocycles. The van der Waals surface area contributed by atoms with Gasteiger partial charge in [0.25, 0.3) is 5.91 Å². The molecule has 3 atom stereocenters. The quantitative estimate of drug-likeness (QED) is 0.666. The maximum atomic E-state index is 12.9. The molecular weight excluding hydrogens is 392 g/mol. The number of benzene rings is 2. The van der Waals surface area contributed by atoms with Gasteiger partial charge >= 0.3 is 0 Å². The van der Waals surface area contributed by atoms with E-state index in [0.717, 1.165) is 36.2 Å². The van der Waals surface area contributed by atoms with Crippen molar-refractivity contribution in [3.63, 3.8) is 0 Å². The molecule has 0 spiro atoms. The van der Waals surface area contributed by atoms with Crippen molar-refractivity contribution in [2.24, 2.45) is 0 Å². The predicted molar refractivity (Wildman–Crippen MR) is 117 cm³/mol. The van der Waals surface area contributed by atoms with Crippen molar-refractivity contribution in [1.82, 2.24) is 15.1 Å². The maximum absolute atomic E-state index is 12.9. The number of aliphatic hydroxyl groups is 1. The Bertz CT molecular complexity index is 1040. The molecule has 1 unspecified atom stereocenters. The van der Waals surface area contributed by atoms with Gasteiger partial charge in [-0.1, -0.05) is 24.3 Å². The largest absolute Gasteiger partial charge is 0.477 e. The van der Waals surface area contributed by atoms with Crippen molar-refractivity contribution in [1.29, 1.82) is 0 Å². The van der Waals surface area contributed by atoms with Crippen molar-refractivity contribution >= 4 is 11.6 Å². The Kier molecular flexibility index (Phi) is 5.34. The van der Waals surface area contributed by atoms with Crippen LogP contribution in [0.3, 0.4) is 0 Å². The average molecular weight is 418 g/mol. The minimum Gasteiger partial charge on any atom is -0.477 e. The summed E-state index contributed by atoms with van der Waals surface area (Å²) in [7, 11) is 0. The Hall–Kier alpha value is -3.32. The van der Waals surface area contributed by atoms with Gasteiger partial charge in [0.05, 0.1) is 30.1 Å². The van der Waals surface area contributed by atoms with Crippen LogP contribution in [-0.2, 0) is 11.3 Å². The standard InChI is InChI=1S/C24H26N4O3/c29-21-7-3-5-19(21)26-24(30)23-16-27(20-6-1-2-8-22(20)31-23)15-17-9-11-18(12-10-17)28-14-4-13-25-28/h1-2,4,6,8-14,19,21,23,29H,3,5,7,15-16H2,(H,26,30)/t19-,21-,23?/m0/s1. The Morgan fingerprint density at radius 1 is 1.13 bits per heavy atom. The van der Waals surface area contributed by atoms with Crippen LogP contribution in [0.25, 0.3) is 5.69 Å². The summed E-state index contributed by atoms with van der Waals surface area (Å²) in [6.07, 6.45) is 5.06. The highest BCUT2D eigenvalue weighted by Crippen LogP contribution is 2.34. The summed E-state index contributed by atoms with van der Waals surface area (Å²) in [5.74, 6) is 0.536. The number of carbonyl (C=O) groups excluding carboxylic acids is 1. The van der Waals surface area contributed by atoms with Gasteiger partial charge in [-0.3, -0.25) is 4.79 Å². The summed E-state index contributed by atoms with van der Waals surface area (Å²) < 4.78 is 7.85. The molecule has 2 aliphatic rings. The molecule has 1 aromatic heterocycles. The van der Waals surface area contributed by atoms with Gasteiger partial charge in [0.15, 0.2) is 6.10 Å². The summed E-state index contributed by atoms with van der Waals surface area (Å²) in [6.45, 7) is 1.11. The molecular formula is C24H26N4O3. The van der Waals surface area contributed by atoms with Gasteiger partial charge in [0.2, 0.25) is 0 Å². The molecule has 1 aliphatic carbocycles. The van der Waals surface area contributed by atoms with Crippen LogP contribution in [0.2, 0.25) is 0 Å². The number of anilines is 1. The first-order chi connectivity index (χ1) is 15.2. The second kappa shape index (κ2) is 8.43. The number of nitrogens with one attached hydrogen (secondary N) is 1. The zero-order chi connectivity index (χ0) is 21.2. The molecule has 2 aromatic carbocycles. The van der Waals surface area contributed by atoms with Crippen molar-refractivity contribution in [2.45, 2.75) is 44.1 Å². The molecule has 3 aromatic rings. The lowest BCUT2D eigenvalue weighted by molar-refractivity contribution is -0.129. The lowest BCUT2D eigenvalue weighted by Crippen LogP contribution is -2.52. The second-order valence-corrected chi connectivity index (χ2v) is 8.19. The molecule has 2 N–H and O–H groups in total. The minimum atomic E-state index is -0.619. The van der Waals surface area contributed by atoms with Crippen LogP contribution in [0.4, 0.5) is 5.69 Å². The fourth-order valence-electron chi connectivity index (χ4n) is 4.37. The Labute approximate surface area is 181 Å². The molecule has 1 fully saturated rings. The molecule has 1 saturated carbocycles. The van der Waals surface area contributed by atoms with Gasteiger partial charge in [-0.25, -0.2) is 4.68 Å². The lowest BCUT2D eigenvalue weighted by Gasteiger charge is -2.36. The monoisotopic (exact) mass is 418 g/mol. The molecule has 31 heavy (non-hydrogen) atoms. The molecule has 160 valence electrons. The van der Waals surface area contributed by atoms with E-state index < -0.39 is 12.2 Å². The van der Waals surface area contributed by atoms with Crippen LogP contribution in [0.15, 0.2) is 67.0 Å². The van der Waals surface area contributed by atoms with E-state index in [1.54, 1.807) is 6.20 Å². The molecule has 7 heteroatoms. The summed E-state index contributed by atoms with van der Waals surface area (Å²) in [5, 5.41) is 17.3. The number of rotatable bonds is 5. The van der Waals surface area contributed by atoms with E-state index in [0.29, 0.717) is 18.8 Å². The number of hydrogen-bond donors (Lipinski definition) is 2. The highest BCUT2D eigenvalue weighted by molar-refractivity contribution is 5.83. The number of amides is 1. The van der Waals surface area contributed by atoms with E-state index in [2.05, 4.69) is 27.4 Å². The molecule has 1 aliphatic heterocycles. The minimum absolute atomic E-state index is 0.167. The van der Waals surface area contributed by atoms with Crippen LogP contribution < -0.4 is 15.0 Å². The third kappa shape index (κ3) is 4.14. The maximum Gasteiger partial charge on any atom is 0.263 e. The number of carbonyl (C=O) groups is 1. The first-order valence-electron chi connectivity index (χ1n) is 10.8. The lowest BCUT2D eigenvalue weighted by atomic mass is 10.1. The van der Waals surface area contributed by atoms with Crippen molar-refractivity contribution in [3.8, 4) is 11.4 Å². The van der Waals surface area contributed by atoms with E-state index in [1.165, 1.54) is 0 Å². The zero-order valence-corrected chi connectivity index (χ0v) is 17.2. The second-order valence-electron chi connectivity index (χ2n) is 8.19. The molecule has 1 amide bonds. The Morgan fingerprint density at radius 3 is 2.71 bits per heavy atom. The van der Waals surface area contributed by atoms with Crippen LogP contribution in [0.5, 0.6) is 5.75 Å². The molecule has 7 nitrogen and oxygen atoms in total. The van der Waals surface area contributed by atoms with Crippen LogP contribution in [0.1, 0.15) is 24.8 Å². The van der Waals surface area contributed by atoms with E-state index in [1.807, 2.05) is 53.3 Å². The number of ether oxygens (including phenoxy) is 1. The third-order valence-corrected chi connectivity index (χ3v) is 6.04. The smallest absolute Gasteiger partial charge is 0.263 e. The predicted octanol–water partition coefficient (Wildman–Crippen LogP) is 2.67. The summed E-state index contributed by atoms with van der Waals surface area (Å²) >= 11 is 0. The van der Waals surface area contributed by atoms with Gasteiger partial charge in [0.1, 0.15) is 5.75 Å². The third-order valence-electron chi connectivity index (χ3n) is 6.04. The first kappa shape index (κ1) is 19.6. The summed E-state index contributed by atoms with van der Waals surface area (Å²) in [5.41, 5.74) is 3.12. The first-order valence-corrected chi connectivity index (χ1v) is 10.8. The summed E-state index contributed by atoms with van der Waals surface area (Å²) in [4.78, 5) is 15.1. The van der Waals surface area contributed by atoms with Gasteiger partial charge in [-0.15, -0.1) is 0 Å². The average Bonchev–Trinajstić information content (AvgIpc) is 3.47. The molecule has 0 radical (unpaired) electrons. The molecule has 5 rings (SSSR count). The Balaban J connectivity index is 1.33. The molecule has 0 bridgehead atoms. The van der Waals surface area contributed by atoms with Crippen LogP contribution in [-0.4, -0.2) is 45.6 Å². The number of nitrogens with zero attached hydrogens (tertiary/aromatic N) is 3. The number of para-hydroxylation sites is 2. The normalized spacial score (nSPS) is 22.6. The van der Waals surface area contributed by atoms with Gasteiger partial charge in [0, 0.05) is 18.9 Å². The summed E-state index contributed by atoms with van der Waals surface area (Å²) in [6, 6.07) is 17.8. The molecule has 0 saturated heterocycles. The van der Waals surface area contributed by atoms with Crippen LogP contribution in [0, 0.1) is 0 Å². The van der Waals surface area contributed by atoms with Crippen molar-refractivity contribution in [2.75, 3.05) is 11.4 Å². The highest BCUT2D eigenvalue weighted by atomic mass is 16.5. The van der Waals surface area contributed by atoms with Crippen LogP contribution >= 0.6 is 0 Å². The van der Waals surface area contributed by atoms with Gasteiger partial charge in [-0.2, -0.15) is 5.10 Å². The number of aromatic nitrogens is 2. The van der Waals surface area contributed by atoms with Gasteiger partial charge in [-0.05, 0) is 55.2 Å². The number of aliphatic hydroxyl groups excluding tert-OH is 1.